The molecule has 0 fully saturated rings. The van der Waals surface area contributed by atoms with E-state index < -0.39 is 11.7 Å². The Labute approximate surface area is 181 Å². The van der Waals surface area contributed by atoms with Gasteiger partial charge in [0.25, 0.3) is 0 Å². The fourth-order valence-electron chi connectivity index (χ4n) is 3.06. The second-order valence-corrected chi connectivity index (χ2v) is 8.11. The summed E-state index contributed by atoms with van der Waals surface area (Å²) < 4.78 is 22.9. The molecule has 0 radical (unpaired) electrons. The lowest BCUT2D eigenvalue weighted by molar-refractivity contribution is 0.0518. The van der Waals surface area contributed by atoms with Gasteiger partial charge in [-0.1, -0.05) is 20.8 Å². The zero-order valence-electron chi connectivity index (χ0n) is 19.2. The monoisotopic (exact) mass is 430 g/mol. The van der Waals surface area contributed by atoms with Gasteiger partial charge in [0, 0.05) is 19.3 Å². The minimum absolute atomic E-state index is 0.0922. The fourth-order valence-corrected chi connectivity index (χ4v) is 3.06. The van der Waals surface area contributed by atoms with Gasteiger partial charge in [-0.15, -0.1) is 0 Å². The molecule has 0 atom stereocenters. The van der Waals surface area contributed by atoms with Gasteiger partial charge in [-0.3, -0.25) is 0 Å². The van der Waals surface area contributed by atoms with Crippen LogP contribution < -0.4 is 5.32 Å². The maximum absolute atomic E-state index is 11.9. The molecular formula is C22H30N4O5. The van der Waals surface area contributed by atoms with Crippen molar-refractivity contribution in [3.05, 3.63) is 28.9 Å². The van der Waals surface area contributed by atoms with Gasteiger partial charge in [0.1, 0.15) is 22.9 Å². The molecular weight excluding hydrogens is 400 g/mol. The van der Waals surface area contributed by atoms with Gasteiger partial charge in [-0.05, 0) is 27.7 Å². The molecule has 0 aliphatic carbocycles. The first kappa shape index (κ1) is 22.6. The van der Waals surface area contributed by atoms with Crippen LogP contribution in [-0.4, -0.2) is 26.6 Å². The summed E-state index contributed by atoms with van der Waals surface area (Å²) in [4.78, 5) is 25.5. The highest BCUT2D eigenvalue weighted by Gasteiger charge is 2.25. The number of hydrogen-bond acceptors (Lipinski definition) is 8. The average Bonchev–Trinajstić information content (AvgIpc) is 3.40. The van der Waals surface area contributed by atoms with Crippen molar-refractivity contribution >= 4 is 6.09 Å². The maximum Gasteiger partial charge on any atom is 0.408 e. The third-order valence-corrected chi connectivity index (χ3v) is 4.48. The van der Waals surface area contributed by atoms with Crippen LogP contribution in [-0.2, 0) is 30.5 Å². The van der Waals surface area contributed by atoms with Crippen LogP contribution in [0.2, 0.25) is 0 Å². The topological polar surface area (TPSA) is 116 Å². The van der Waals surface area contributed by atoms with Crippen LogP contribution in [0.5, 0.6) is 0 Å². The molecule has 0 unspecified atom stereocenters. The third-order valence-electron chi connectivity index (χ3n) is 4.48. The van der Waals surface area contributed by atoms with Crippen LogP contribution >= 0.6 is 0 Å². The quantitative estimate of drug-likeness (QED) is 0.556. The smallest absolute Gasteiger partial charge is 0.408 e. The number of nitrogens with one attached hydrogen (secondary N) is 1. The Bertz CT molecular complexity index is 1050. The number of aryl methyl sites for hydroxylation is 4. The third kappa shape index (κ3) is 5.15. The van der Waals surface area contributed by atoms with Crippen molar-refractivity contribution in [1.29, 1.82) is 0 Å². The zero-order valence-corrected chi connectivity index (χ0v) is 19.2. The molecule has 1 amide bonds. The number of hydrogen-bond donors (Lipinski definition) is 1. The lowest BCUT2D eigenvalue weighted by atomic mass is 10.2. The molecule has 3 rings (SSSR count). The van der Waals surface area contributed by atoms with E-state index in [0.717, 1.165) is 17.9 Å². The van der Waals surface area contributed by atoms with Crippen molar-refractivity contribution in [1.82, 2.24) is 20.3 Å². The number of carbonyl (C=O) groups excluding carboxylic acids is 1. The van der Waals surface area contributed by atoms with Crippen LogP contribution in [0.1, 0.15) is 70.4 Å². The largest absolute Gasteiger partial charge is 0.444 e. The van der Waals surface area contributed by atoms with E-state index in [4.69, 9.17) is 18.0 Å². The van der Waals surface area contributed by atoms with Gasteiger partial charge in [-0.25, -0.2) is 19.7 Å². The molecule has 3 aromatic rings. The Kier molecular flexibility index (Phi) is 6.52. The summed E-state index contributed by atoms with van der Waals surface area (Å²) in [5.74, 6) is 3.23. The Morgan fingerprint density at radius 3 is 2.00 bits per heavy atom. The van der Waals surface area contributed by atoms with Crippen LogP contribution in [0.4, 0.5) is 4.79 Å². The van der Waals surface area contributed by atoms with E-state index in [0.29, 0.717) is 53.4 Å². The molecule has 0 bridgehead atoms. The summed E-state index contributed by atoms with van der Waals surface area (Å²) in [6, 6.07) is 0. The number of ether oxygens (including phenoxy) is 1. The number of aromatic nitrogens is 3. The standard InChI is InChI=1S/C22H30N4O5/c1-8-13-12(4)24-19(29-13)18-15(10-3)30-20(26-18)17-14(9-2)28-16(25-17)11-23-21(27)31-22(5,6)7/h8-11H2,1-7H3,(H,23,27). The van der Waals surface area contributed by atoms with Crippen LogP contribution in [0.25, 0.3) is 23.2 Å². The molecule has 168 valence electrons. The van der Waals surface area contributed by atoms with Crippen molar-refractivity contribution < 1.29 is 22.8 Å². The number of oxazole rings is 3. The number of carbonyl (C=O) groups is 1. The Morgan fingerprint density at radius 1 is 0.871 bits per heavy atom. The first-order chi connectivity index (χ1) is 14.6. The van der Waals surface area contributed by atoms with Gasteiger partial charge >= 0.3 is 6.09 Å². The summed E-state index contributed by atoms with van der Waals surface area (Å²) in [5, 5.41) is 2.65. The van der Waals surface area contributed by atoms with Crippen molar-refractivity contribution in [3.8, 4) is 23.2 Å². The van der Waals surface area contributed by atoms with E-state index in [-0.39, 0.29) is 6.54 Å². The van der Waals surface area contributed by atoms with Crippen LogP contribution in [0, 0.1) is 6.92 Å². The second kappa shape index (κ2) is 8.95. The van der Waals surface area contributed by atoms with Gasteiger partial charge in [0.15, 0.2) is 11.4 Å². The molecule has 0 saturated carbocycles. The molecule has 0 aliphatic rings. The fraction of sp³-hybridized carbons (Fsp3) is 0.545. The average molecular weight is 431 g/mol. The SMILES string of the molecule is CCc1oc(-c2nc(-c3nc(CNC(=O)OC(C)(C)C)oc3CC)oc2CC)nc1C. The normalized spacial score (nSPS) is 11.7. The second-order valence-electron chi connectivity index (χ2n) is 8.11. The molecule has 0 spiro atoms. The highest BCUT2D eigenvalue weighted by molar-refractivity contribution is 5.67. The maximum atomic E-state index is 11.9. The lowest BCUT2D eigenvalue weighted by Gasteiger charge is -2.19. The van der Waals surface area contributed by atoms with E-state index >= 15 is 0 Å². The molecule has 31 heavy (non-hydrogen) atoms. The predicted octanol–water partition coefficient (Wildman–Crippen LogP) is 5.00. The van der Waals surface area contributed by atoms with E-state index in [9.17, 15) is 4.79 Å². The van der Waals surface area contributed by atoms with E-state index in [1.54, 1.807) is 20.8 Å². The molecule has 1 N–H and O–H groups in total. The summed E-state index contributed by atoms with van der Waals surface area (Å²) in [5.41, 5.74) is 1.33. The number of rotatable bonds is 7. The van der Waals surface area contributed by atoms with Crippen LogP contribution in [0.15, 0.2) is 13.3 Å². The summed E-state index contributed by atoms with van der Waals surface area (Å²) >= 11 is 0. The van der Waals surface area contributed by atoms with E-state index in [1.165, 1.54) is 0 Å². The lowest BCUT2D eigenvalue weighted by Crippen LogP contribution is -2.32. The van der Waals surface area contributed by atoms with Crippen molar-refractivity contribution in [2.45, 2.75) is 79.9 Å². The minimum Gasteiger partial charge on any atom is -0.444 e. The predicted molar refractivity (Wildman–Crippen MR) is 113 cm³/mol. The molecule has 9 heteroatoms. The Hall–Kier alpha value is -3.10. The van der Waals surface area contributed by atoms with Crippen molar-refractivity contribution in [2.24, 2.45) is 0 Å². The Morgan fingerprint density at radius 2 is 1.42 bits per heavy atom. The molecule has 0 aromatic carbocycles. The number of nitrogens with zero attached hydrogens (tertiary/aromatic N) is 3. The summed E-state index contributed by atoms with van der Waals surface area (Å²) in [6.45, 7) is 13.3. The first-order valence-corrected chi connectivity index (χ1v) is 10.6. The number of alkyl carbamates (subject to hydrolysis) is 1. The summed E-state index contributed by atoms with van der Waals surface area (Å²) in [7, 11) is 0. The number of amides is 1. The van der Waals surface area contributed by atoms with Crippen molar-refractivity contribution in [2.75, 3.05) is 0 Å². The van der Waals surface area contributed by atoms with E-state index in [2.05, 4.69) is 20.3 Å². The molecule has 9 nitrogen and oxygen atoms in total. The highest BCUT2D eigenvalue weighted by Crippen LogP contribution is 2.32. The van der Waals surface area contributed by atoms with Crippen LogP contribution in [0.3, 0.4) is 0 Å². The molecule has 0 saturated heterocycles. The van der Waals surface area contributed by atoms with E-state index in [1.807, 2.05) is 27.7 Å². The minimum atomic E-state index is -0.582. The zero-order chi connectivity index (χ0) is 22.8. The summed E-state index contributed by atoms with van der Waals surface area (Å²) in [6.07, 6.45) is 1.43. The molecule has 0 aliphatic heterocycles. The molecule has 3 heterocycles. The van der Waals surface area contributed by atoms with Crippen molar-refractivity contribution in [3.63, 3.8) is 0 Å². The Balaban J connectivity index is 1.87. The first-order valence-electron chi connectivity index (χ1n) is 10.6. The van der Waals surface area contributed by atoms with Gasteiger partial charge in [-0.2, -0.15) is 0 Å². The van der Waals surface area contributed by atoms with Gasteiger partial charge in [0.05, 0.1) is 12.2 Å². The van der Waals surface area contributed by atoms with Gasteiger partial charge in [0.2, 0.25) is 17.7 Å². The highest BCUT2D eigenvalue weighted by atomic mass is 16.6. The van der Waals surface area contributed by atoms with Gasteiger partial charge < -0.3 is 23.3 Å². The molecule has 3 aromatic heterocycles.